The quantitative estimate of drug-likeness (QED) is 0.904. The van der Waals surface area contributed by atoms with Gasteiger partial charge in [-0.1, -0.05) is 24.3 Å². The van der Waals surface area contributed by atoms with Crippen LogP contribution in [0, 0.1) is 5.92 Å². The third-order valence-electron chi connectivity index (χ3n) is 5.15. The first-order valence-corrected chi connectivity index (χ1v) is 8.32. The van der Waals surface area contributed by atoms with Gasteiger partial charge in [0.25, 0.3) is 0 Å². The molecule has 1 aliphatic heterocycles. The van der Waals surface area contributed by atoms with Gasteiger partial charge in [-0.25, -0.2) is 0 Å². The Balaban J connectivity index is 1.47. The van der Waals surface area contributed by atoms with Gasteiger partial charge in [0.05, 0.1) is 0 Å². The van der Waals surface area contributed by atoms with Crippen molar-refractivity contribution in [2.45, 2.75) is 44.6 Å². The minimum absolute atomic E-state index is 0.603. The zero-order chi connectivity index (χ0) is 13.8. The second-order valence-corrected chi connectivity index (χ2v) is 6.63. The summed E-state index contributed by atoms with van der Waals surface area (Å²) in [4.78, 5) is 2.46. The number of nitrogens with one attached hydrogen (secondary N) is 1. The highest BCUT2D eigenvalue weighted by molar-refractivity contribution is 5.32. The fourth-order valence-electron chi connectivity index (χ4n) is 3.78. The maximum absolute atomic E-state index is 3.82. The Morgan fingerprint density at radius 1 is 1.15 bits per heavy atom. The van der Waals surface area contributed by atoms with Crippen molar-refractivity contribution >= 4 is 0 Å². The summed E-state index contributed by atoms with van der Waals surface area (Å²) in [6, 6.07) is 9.60. The molecule has 0 aromatic heterocycles. The Kier molecular flexibility index (Phi) is 4.74. The van der Waals surface area contributed by atoms with E-state index >= 15 is 0 Å². The molecule has 1 aliphatic carbocycles. The summed E-state index contributed by atoms with van der Waals surface area (Å²) in [5.41, 5.74) is 3.12. The molecule has 1 N–H and O–H groups in total. The normalized spacial score (nSPS) is 24.6. The first-order valence-electron chi connectivity index (χ1n) is 8.32. The van der Waals surface area contributed by atoms with Crippen LogP contribution < -0.4 is 5.32 Å². The van der Waals surface area contributed by atoms with Gasteiger partial charge in [0.15, 0.2) is 0 Å². The average molecular weight is 272 g/mol. The number of hydrogen-bond acceptors (Lipinski definition) is 2. The lowest BCUT2D eigenvalue weighted by Crippen LogP contribution is -2.32. The van der Waals surface area contributed by atoms with Crippen molar-refractivity contribution in [1.82, 2.24) is 10.2 Å². The smallest absolute Gasteiger partial charge is 0.0323 e. The summed E-state index contributed by atoms with van der Waals surface area (Å²) in [6.45, 7) is 3.77. The molecule has 20 heavy (non-hydrogen) atoms. The lowest BCUT2D eigenvalue weighted by atomic mass is 9.87. The van der Waals surface area contributed by atoms with E-state index in [0.717, 1.165) is 5.92 Å². The maximum Gasteiger partial charge on any atom is 0.0323 e. The van der Waals surface area contributed by atoms with Gasteiger partial charge in [-0.2, -0.15) is 0 Å². The van der Waals surface area contributed by atoms with Crippen LogP contribution in [-0.2, 0) is 6.42 Å². The number of rotatable bonds is 4. The topological polar surface area (TPSA) is 15.3 Å². The lowest BCUT2D eigenvalue weighted by Gasteiger charge is -2.30. The summed E-state index contributed by atoms with van der Waals surface area (Å²) in [5, 5.41) is 3.82. The molecule has 1 unspecified atom stereocenters. The van der Waals surface area contributed by atoms with Crippen LogP contribution in [0.5, 0.6) is 0 Å². The predicted octanol–water partition coefficient (Wildman–Crippen LogP) is 3.39. The minimum atomic E-state index is 0.603. The third-order valence-corrected chi connectivity index (χ3v) is 5.15. The van der Waals surface area contributed by atoms with Gasteiger partial charge in [0.2, 0.25) is 0 Å². The molecule has 1 fully saturated rings. The molecular formula is C18H28N2. The van der Waals surface area contributed by atoms with Crippen LogP contribution in [0.2, 0.25) is 0 Å². The zero-order valence-electron chi connectivity index (χ0n) is 12.8. The van der Waals surface area contributed by atoms with E-state index in [9.17, 15) is 0 Å². The van der Waals surface area contributed by atoms with Gasteiger partial charge in [-0.05, 0) is 82.3 Å². The van der Waals surface area contributed by atoms with Crippen LogP contribution in [0.1, 0.15) is 49.3 Å². The number of piperidine rings is 1. The second kappa shape index (κ2) is 6.73. The van der Waals surface area contributed by atoms with E-state index in [1.807, 2.05) is 0 Å². The van der Waals surface area contributed by atoms with Crippen LogP contribution in [0.15, 0.2) is 24.3 Å². The number of likely N-dealkylation sites (tertiary alicyclic amines) is 1. The molecule has 1 aromatic carbocycles. The van der Waals surface area contributed by atoms with Crippen molar-refractivity contribution in [3.8, 4) is 0 Å². The van der Waals surface area contributed by atoms with Gasteiger partial charge < -0.3 is 10.2 Å². The van der Waals surface area contributed by atoms with Crippen molar-refractivity contribution in [3.63, 3.8) is 0 Å². The largest absolute Gasteiger partial charge is 0.310 e. The second-order valence-electron chi connectivity index (χ2n) is 6.63. The fourth-order valence-corrected chi connectivity index (χ4v) is 3.78. The SMILES string of the molecule is CN1CCC(CCNC2CCCc3ccccc32)CC1. The molecule has 3 rings (SSSR count). The monoisotopic (exact) mass is 272 g/mol. The average Bonchev–Trinajstić information content (AvgIpc) is 2.49. The van der Waals surface area contributed by atoms with Crippen LogP contribution in [0.3, 0.4) is 0 Å². The predicted molar refractivity (Wildman–Crippen MR) is 85.0 cm³/mol. The highest BCUT2D eigenvalue weighted by Crippen LogP contribution is 2.29. The summed E-state index contributed by atoms with van der Waals surface area (Å²) >= 11 is 0. The molecule has 0 saturated carbocycles. The van der Waals surface area contributed by atoms with Crippen molar-refractivity contribution < 1.29 is 0 Å². The maximum atomic E-state index is 3.82. The molecule has 1 aromatic rings. The van der Waals surface area contributed by atoms with Gasteiger partial charge >= 0.3 is 0 Å². The molecule has 0 amide bonds. The first-order chi connectivity index (χ1) is 9.83. The summed E-state index contributed by atoms with van der Waals surface area (Å²) in [6.07, 6.45) is 8.04. The van der Waals surface area contributed by atoms with Gasteiger partial charge in [0, 0.05) is 6.04 Å². The van der Waals surface area contributed by atoms with Crippen LogP contribution >= 0.6 is 0 Å². The molecule has 0 spiro atoms. The lowest BCUT2D eigenvalue weighted by molar-refractivity contribution is 0.210. The van der Waals surface area contributed by atoms with Gasteiger partial charge in [-0.3, -0.25) is 0 Å². The van der Waals surface area contributed by atoms with E-state index in [-0.39, 0.29) is 0 Å². The van der Waals surface area contributed by atoms with Crippen molar-refractivity contribution in [1.29, 1.82) is 0 Å². The highest BCUT2D eigenvalue weighted by Gasteiger charge is 2.20. The van der Waals surface area contributed by atoms with E-state index in [1.54, 1.807) is 11.1 Å². The van der Waals surface area contributed by atoms with Crippen LogP contribution in [0.4, 0.5) is 0 Å². The molecule has 0 radical (unpaired) electrons. The van der Waals surface area contributed by atoms with Crippen LogP contribution in [-0.4, -0.2) is 31.6 Å². The van der Waals surface area contributed by atoms with Gasteiger partial charge in [0.1, 0.15) is 0 Å². The van der Waals surface area contributed by atoms with E-state index in [2.05, 4.69) is 41.5 Å². The molecule has 1 atom stereocenters. The Labute approximate surface area is 123 Å². The molecule has 2 nitrogen and oxygen atoms in total. The van der Waals surface area contributed by atoms with E-state index in [4.69, 9.17) is 0 Å². The summed E-state index contributed by atoms with van der Waals surface area (Å²) < 4.78 is 0. The van der Waals surface area contributed by atoms with E-state index in [1.165, 1.54) is 58.2 Å². The van der Waals surface area contributed by atoms with Crippen molar-refractivity contribution in [2.24, 2.45) is 5.92 Å². The van der Waals surface area contributed by atoms with Gasteiger partial charge in [-0.15, -0.1) is 0 Å². The molecule has 0 bridgehead atoms. The summed E-state index contributed by atoms with van der Waals surface area (Å²) in [5.74, 6) is 0.942. The standard InChI is InChI=1S/C18H28N2/c1-20-13-10-15(11-14-20)9-12-19-18-8-4-6-16-5-2-3-7-17(16)18/h2-3,5,7,15,18-19H,4,6,8-14H2,1H3. The number of fused-ring (bicyclic) bond motifs is 1. The Hall–Kier alpha value is -0.860. The molecule has 1 saturated heterocycles. The van der Waals surface area contributed by atoms with E-state index in [0.29, 0.717) is 6.04 Å². The van der Waals surface area contributed by atoms with Crippen molar-refractivity contribution in [2.75, 3.05) is 26.7 Å². The number of nitrogens with zero attached hydrogens (tertiary/aromatic N) is 1. The summed E-state index contributed by atoms with van der Waals surface area (Å²) in [7, 11) is 2.24. The number of benzene rings is 1. The molecule has 2 aliphatic rings. The highest BCUT2D eigenvalue weighted by atomic mass is 15.1. The molecular weight excluding hydrogens is 244 g/mol. The minimum Gasteiger partial charge on any atom is -0.310 e. The Bertz CT molecular complexity index is 421. The molecule has 110 valence electrons. The Morgan fingerprint density at radius 3 is 2.80 bits per heavy atom. The molecule has 2 heteroatoms. The third kappa shape index (κ3) is 3.42. The van der Waals surface area contributed by atoms with E-state index < -0.39 is 0 Å². The molecule has 1 heterocycles. The van der Waals surface area contributed by atoms with Crippen molar-refractivity contribution in [3.05, 3.63) is 35.4 Å². The fraction of sp³-hybridized carbons (Fsp3) is 0.667. The number of hydrogen-bond donors (Lipinski definition) is 1. The Morgan fingerprint density at radius 2 is 1.95 bits per heavy atom. The van der Waals surface area contributed by atoms with Crippen LogP contribution in [0.25, 0.3) is 0 Å². The first kappa shape index (κ1) is 14.1. The zero-order valence-corrected chi connectivity index (χ0v) is 12.8. The number of aryl methyl sites for hydroxylation is 1.